The van der Waals surface area contributed by atoms with E-state index >= 15 is 0 Å². The lowest BCUT2D eigenvalue weighted by molar-refractivity contribution is 0.279. The van der Waals surface area contributed by atoms with E-state index in [0.29, 0.717) is 12.0 Å². The predicted molar refractivity (Wildman–Crippen MR) is 92.5 cm³/mol. The van der Waals surface area contributed by atoms with Crippen LogP contribution in [0, 0.1) is 5.92 Å². The third-order valence-electron chi connectivity index (χ3n) is 5.52. The molecule has 0 saturated carbocycles. The van der Waals surface area contributed by atoms with Crippen molar-refractivity contribution in [1.29, 1.82) is 0 Å². The number of imidazole rings is 1. The van der Waals surface area contributed by atoms with Crippen molar-refractivity contribution < 1.29 is 0 Å². The fourth-order valence-corrected chi connectivity index (χ4v) is 4.13. The van der Waals surface area contributed by atoms with Crippen molar-refractivity contribution in [2.75, 3.05) is 26.7 Å². The predicted octanol–water partition coefficient (Wildman–Crippen LogP) is 2.07. The normalized spacial score (nSPS) is 26.1. The molecule has 1 N–H and O–H groups in total. The summed E-state index contributed by atoms with van der Waals surface area (Å²) in [6.07, 6.45) is 8.16. The van der Waals surface area contributed by atoms with E-state index in [-0.39, 0.29) is 0 Å². The number of nitrogens with zero attached hydrogens (tertiary/aromatic N) is 4. The van der Waals surface area contributed by atoms with Gasteiger partial charge in [-0.2, -0.15) is 0 Å². The standard InChI is InChI=1S/C18H27N5/c1-22-10-4-6-15(22)13-23-17(11-14-5-2-8-19-12-14)21-16-7-3-9-20-18(16)23/h3,7,9,14-15,19H,2,4-6,8,10-13H2,1H3. The van der Waals surface area contributed by atoms with Gasteiger partial charge in [0.05, 0.1) is 0 Å². The highest BCUT2D eigenvalue weighted by Gasteiger charge is 2.25. The third kappa shape index (κ3) is 3.12. The molecular formula is C18H27N5. The number of fused-ring (bicyclic) bond motifs is 1. The van der Waals surface area contributed by atoms with Crippen LogP contribution >= 0.6 is 0 Å². The van der Waals surface area contributed by atoms with Crippen molar-refractivity contribution in [1.82, 2.24) is 24.8 Å². The maximum absolute atomic E-state index is 4.93. The quantitative estimate of drug-likeness (QED) is 0.938. The number of rotatable bonds is 4. The summed E-state index contributed by atoms with van der Waals surface area (Å²) in [4.78, 5) is 12.0. The molecule has 2 atom stereocenters. The fourth-order valence-electron chi connectivity index (χ4n) is 4.13. The Morgan fingerprint density at radius 1 is 1.30 bits per heavy atom. The summed E-state index contributed by atoms with van der Waals surface area (Å²) in [5.74, 6) is 1.94. The molecule has 23 heavy (non-hydrogen) atoms. The van der Waals surface area contributed by atoms with Gasteiger partial charge in [-0.15, -0.1) is 0 Å². The van der Waals surface area contributed by atoms with E-state index < -0.39 is 0 Å². The summed E-state index contributed by atoms with van der Waals surface area (Å²) in [6, 6.07) is 4.71. The zero-order valence-electron chi connectivity index (χ0n) is 14.0. The van der Waals surface area contributed by atoms with Crippen molar-refractivity contribution in [2.45, 2.75) is 44.7 Å². The van der Waals surface area contributed by atoms with Crippen LogP contribution in [0.4, 0.5) is 0 Å². The van der Waals surface area contributed by atoms with E-state index in [9.17, 15) is 0 Å². The molecule has 124 valence electrons. The first-order valence-electron chi connectivity index (χ1n) is 9.02. The number of aromatic nitrogens is 3. The lowest BCUT2D eigenvalue weighted by Crippen LogP contribution is -2.33. The number of hydrogen-bond acceptors (Lipinski definition) is 4. The van der Waals surface area contributed by atoms with Crippen LogP contribution in [0.1, 0.15) is 31.5 Å². The summed E-state index contributed by atoms with van der Waals surface area (Å²) in [6.45, 7) is 4.54. The molecule has 5 nitrogen and oxygen atoms in total. The fraction of sp³-hybridized carbons (Fsp3) is 0.667. The Morgan fingerprint density at radius 3 is 3.04 bits per heavy atom. The molecule has 2 aromatic heterocycles. The zero-order chi connectivity index (χ0) is 15.6. The Hall–Kier alpha value is -1.46. The molecule has 0 spiro atoms. The molecule has 0 amide bonds. The van der Waals surface area contributed by atoms with Crippen LogP contribution in [0.2, 0.25) is 0 Å². The van der Waals surface area contributed by atoms with Gasteiger partial charge in [0.2, 0.25) is 0 Å². The van der Waals surface area contributed by atoms with Crippen LogP contribution in [0.5, 0.6) is 0 Å². The molecule has 0 radical (unpaired) electrons. The van der Waals surface area contributed by atoms with Crippen LogP contribution in [0.15, 0.2) is 18.3 Å². The highest BCUT2D eigenvalue weighted by Crippen LogP contribution is 2.23. The molecule has 2 unspecified atom stereocenters. The number of nitrogens with one attached hydrogen (secondary N) is 1. The highest BCUT2D eigenvalue weighted by molar-refractivity contribution is 5.71. The number of likely N-dealkylation sites (N-methyl/N-ethyl adjacent to an activating group) is 1. The maximum atomic E-state index is 4.93. The van der Waals surface area contributed by atoms with E-state index in [4.69, 9.17) is 4.98 Å². The number of hydrogen-bond donors (Lipinski definition) is 1. The molecule has 4 rings (SSSR count). The molecule has 2 fully saturated rings. The van der Waals surface area contributed by atoms with Crippen molar-refractivity contribution in [3.8, 4) is 0 Å². The van der Waals surface area contributed by atoms with Crippen molar-refractivity contribution >= 4 is 11.2 Å². The lowest BCUT2D eigenvalue weighted by atomic mass is 9.96. The second-order valence-electron chi connectivity index (χ2n) is 7.18. The van der Waals surface area contributed by atoms with Gasteiger partial charge in [0.1, 0.15) is 11.3 Å². The summed E-state index contributed by atoms with van der Waals surface area (Å²) >= 11 is 0. The Labute approximate surface area is 138 Å². The molecule has 2 aliphatic heterocycles. The number of piperidine rings is 1. The first-order valence-corrected chi connectivity index (χ1v) is 9.02. The highest BCUT2D eigenvalue weighted by atomic mass is 15.2. The summed E-state index contributed by atoms with van der Waals surface area (Å²) < 4.78 is 2.40. The average Bonchev–Trinajstić information content (AvgIpc) is 3.13. The van der Waals surface area contributed by atoms with Crippen molar-refractivity contribution in [3.63, 3.8) is 0 Å². The summed E-state index contributed by atoms with van der Waals surface area (Å²) in [5.41, 5.74) is 2.11. The minimum atomic E-state index is 0.623. The molecule has 5 heteroatoms. The molecule has 2 aromatic rings. The van der Waals surface area contributed by atoms with Gasteiger partial charge < -0.3 is 14.8 Å². The van der Waals surface area contributed by atoms with Gasteiger partial charge in [0, 0.05) is 25.2 Å². The Kier molecular flexibility index (Phi) is 4.31. The Morgan fingerprint density at radius 2 is 2.26 bits per heavy atom. The van der Waals surface area contributed by atoms with Gasteiger partial charge >= 0.3 is 0 Å². The van der Waals surface area contributed by atoms with Crippen molar-refractivity contribution in [2.24, 2.45) is 5.92 Å². The minimum Gasteiger partial charge on any atom is -0.316 e. The van der Waals surface area contributed by atoms with Crippen molar-refractivity contribution in [3.05, 3.63) is 24.2 Å². The second-order valence-corrected chi connectivity index (χ2v) is 7.18. The average molecular weight is 313 g/mol. The maximum Gasteiger partial charge on any atom is 0.160 e. The molecule has 0 bridgehead atoms. The molecule has 2 aliphatic rings. The SMILES string of the molecule is CN1CCCC1Cn1c(CC2CCCNC2)nc2cccnc21. The Balaban J connectivity index is 1.63. The van der Waals surface area contributed by atoms with Gasteiger partial charge in [-0.3, -0.25) is 0 Å². The zero-order valence-corrected chi connectivity index (χ0v) is 14.0. The number of pyridine rings is 1. The van der Waals surface area contributed by atoms with Gasteiger partial charge in [0.25, 0.3) is 0 Å². The number of likely N-dealkylation sites (tertiary alicyclic amines) is 1. The van der Waals surface area contributed by atoms with Gasteiger partial charge in [-0.1, -0.05) is 0 Å². The third-order valence-corrected chi connectivity index (χ3v) is 5.52. The lowest BCUT2D eigenvalue weighted by Gasteiger charge is -2.24. The van der Waals surface area contributed by atoms with Crippen LogP contribution in [-0.2, 0) is 13.0 Å². The van der Waals surface area contributed by atoms with Gasteiger partial charge in [-0.25, -0.2) is 9.97 Å². The van der Waals surface area contributed by atoms with Crippen LogP contribution in [-0.4, -0.2) is 52.2 Å². The molecular weight excluding hydrogens is 286 g/mol. The van der Waals surface area contributed by atoms with E-state index in [2.05, 4.69) is 32.9 Å². The van der Waals surface area contributed by atoms with E-state index in [1.165, 1.54) is 44.6 Å². The topological polar surface area (TPSA) is 46.0 Å². The molecule has 0 aliphatic carbocycles. The molecule has 4 heterocycles. The smallest absolute Gasteiger partial charge is 0.160 e. The molecule has 0 aromatic carbocycles. The van der Waals surface area contributed by atoms with Gasteiger partial charge in [0.15, 0.2) is 5.65 Å². The van der Waals surface area contributed by atoms with Crippen LogP contribution < -0.4 is 5.32 Å². The van der Waals surface area contributed by atoms with E-state index in [1.807, 2.05) is 12.3 Å². The summed E-state index contributed by atoms with van der Waals surface area (Å²) in [5, 5.41) is 3.53. The summed E-state index contributed by atoms with van der Waals surface area (Å²) in [7, 11) is 2.24. The first kappa shape index (κ1) is 15.1. The Bertz CT molecular complexity index is 658. The van der Waals surface area contributed by atoms with Crippen LogP contribution in [0.3, 0.4) is 0 Å². The van der Waals surface area contributed by atoms with E-state index in [1.54, 1.807) is 0 Å². The largest absolute Gasteiger partial charge is 0.316 e. The minimum absolute atomic E-state index is 0.623. The van der Waals surface area contributed by atoms with Crippen LogP contribution in [0.25, 0.3) is 11.2 Å². The second kappa shape index (κ2) is 6.57. The van der Waals surface area contributed by atoms with E-state index in [0.717, 1.165) is 30.7 Å². The first-order chi connectivity index (χ1) is 11.3. The molecule has 2 saturated heterocycles. The van der Waals surface area contributed by atoms with Gasteiger partial charge in [-0.05, 0) is 70.4 Å². The monoisotopic (exact) mass is 313 g/mol.